The lowest BCUT2D eigenvalue weighted by molar-refractivity contribution is -0.120. The molecule has 2 heterocycles. The second kappa shape index (κ2) is 9.36. The zero-order valence-corrected chi connectivity index (χ0v) is 19.6. The van der Waals surface area contributed by atoms with Crippen LogP contribution in [0.1, 0.15) is 63.4 Å². The molecule has 3 aromatic rings. The van der Waals surface area contributed by atoms with E-state index >= 15 is 0 Å². The van der Waals surface area contributed by atoms with Crippen molar-refractivity contribution in [3.05, 3.63) is 35.5 Å². The van der Waals surface area contributed by atoms with Crippen LogP contribution < -0.4 is 10.6 Å². The summed E-state index contributed by atoms with van der Waals surface area (Å²) in [5.41, 5.74) is 2.35. The molecule has 0 saturated heterocycles. The first-order chi connectivity index (χ1) is 15.3. The predicted octanol–water partition coefficient (Wildman–Crippen LogP) is 4.25. The van der Waals surface area contributed by atoms with Gasteiger partial charge in [-0.25, -0.2) is 0 Å². The highest BCUT2D eigenvalue weighted by Gasteiger charge is 2.34. The van der Waals surface area contributed by atoms with Gasteiger partial charge in [0, 0.05) is 11.9 Å². The first-order valence-corrected chi connectivity index (χ1v) is 12.0. The van der Waals surface area contributed by atoms with Crippen molar-refractivity contribution in [2.75, 3.05) is 5.32 Å². The third kappa shape index (κ3) is 4.98. The van der Waals surface area contributed by atoms with Gasteiger partial charge in [0.2, 0.25) is 11.0 Å². The normalized spacial score (nSPS) is 16.1. The summed E-state index contributed by atoms with van der Waals surface area (Å²) in [6.07, 6.45) is 6.22. The van der Waals surface area contributed by atoms with E-state index < -0.39 is 11.5 Å². The van der Waals surface area contributed by atoms with Crippen LogP contribution in [0.4, 0.5) is 5.13 Å². The molecule has 0 radical (unpaired) electrons. The van der Waals surface area contributed by atoms with Crippen molar-refractivity contribution in [1.29, 1.82) is 0 Å². The average molecular weight is 455 g/mol. The monoisotopic (exact) mass is 454 g/mol. The SMILES string of the molecule is CC(C)(C)[C@H](NC(=O)c1nn(CC2CCCCC2)c2ccccc12)C(=O)Nc1nncs1. The van der Waals surface area contributed by atoms with E-state index in [-0.39, 0.29) is 11.8 Å². The lowest BCUT2D eigenvalue weighted by Crippen LogP contribution is -2.51. The minimum absolute atomic E-state index is 0.325. The van der Waals surface area contributed by atoms with E-state index in [0.717, 1.165) is 17.4 Å². The average Bonchev–Trinajstić information content (AvgIpc) is 3.40. The second-order valence-electron chi connectivity index (χ2n) is 9.56. The van der Waals surface area contributed by atoms with E-state index in [0.29, 0.717) is 16.7 Å². The van der Waals surface area contributed by atoms with Gasteiger partial charge in [-0.15, -0.1) is 10.2 Å². The number of para-hydroxylation sites is 1. The molecule has 4 rings (SSSR count). The van der Waals surface area contributed by atoms with Crippen LogP contribution in [0.5, 0.6) is 0 Å². The van der Waals surface area contributed by atoms with Gasteiger partial charge < -0.3 is 5.32 Å². The summed E-state index contributed by atoms with van der Waals surface area (Å²) < 4.78 is 1.97. The Bertz CT molecular complexity index is 1080. The van der Waals surface area contributed by atoms with Crippen LogP contribution in [0, 0.1) is 11.3 Å². The van der Waals surface area contributed by atoms with Gasteiger partial charge in [-0.2, -0.15) is 5.10 Å². The second-order valence-corrected chi connectivity index (χ2v) is 10.4. The van der Waals surface area contributed by atoms with Crippen LogP contribution in [0.3, 0.4) is 0 Å². The molecular weight excluding hydrogens is 424 g/mol. The Morgan fingerprint density at radius 3 is 2.62 bits per heavy atom. The van der Waals surface area contributed by atoms with Crippen molar-refractivity contribution in [3.63, 3.8) is 0 Å². The molecule has 0 bridgehead atoms. The molecule has 9 heteroatoms. The molecular formula is C23H30N6O2S. The fraction of sp³-hybridized carbons (Fsp3) is 0.522. The van der Waals surface area contributed by atoms with Gasteiger partial charge in [0.25, 0.3) is 5.91 Å². The number of carbonyl (C=O) groups excluding carboxylic acids is 2. The summed E-state index contributed by atoms with van der Waals surface area (Å²) in [5.74, 6) is -0.0903. The number of nitrogens with zero attached hydrogens (tertiary/aromatic N) is 4. The first-order valence-electron chi connectivity index (χ1n) is 11.2. The number of nitrogens with one attached hydrogen (secondary N) is 2. The summed E-state index contributed by atoms with van der Waals surface area (Å²) in [6, 6.07) is 7.04. The number of aromatic nitrogens is 4. The molecule has 170 valence electrons. The molecule has 0 spiro atoms. The predicted molar refractivity (Wildman–Crippen MR) is 126 cm³/mol. The molecule has 1 aromatic carbocycles. The van der Waals surface area contributed by atoms with Crippen molar-refractivity contribution in [3.8, 4) is 0 Å². The lowest BCUT2D eigenvalue weighted by atomic mass is 9.86. The molecule has 0 aliphatic heterocycles. The van der Waals surface area contributed by atoms with Crippen LogP contribution in [-0.2, 0) is 11.3 Å². The van der Waals surface area contributed by atoms with Crippen molar-refractivity contribution >= 4 is 39.2 Å². The molecule has 1 saturated carbocycles. The first kappa shape index (κ1) is 22.4. The largest absolute Gasteiger partial charge is 0.338 e. The van der Waals surface area contributed by atoms with Crippen molar-refractivity contribution in [2.24, 2.45) is 11.3 Å². The molecule has 1 atom stereocenters. The Labute approximate surface area is 191 Å². The fourth-order valence-electron chi connectivity index (χ4n) is 4.33. The van der Waals surface area contributed by atoms with Crippen molar-refractivity contribution in [2.45, 2.75) is 65.5 Å². The Balaban J connectivity index is 1.58. The van der Waals surface area contributed by atoms with E-state index in [1.165, 1.54) is 43.4 Å². The van der Waals surface area contributed by atoms with E-state index in [2.05, 4.69) is 20.8 Å². The Morgan fingerprint density at radius 2 is 1.94 bits per heavy atom. The van der Waals surface area contributed by atoms with Gasteiger partial charge in [0.05, 0.1) is 5.52 Å². The molecule has 2 aromatic heterocycles. The zero-order chi connectivity index (χ0) is 22.7. The number of benzene rings is 1. The maximum atomic E-state index is 13.3. The van der Waals surface area contributed by atoms with Crippen LogP contribution in [0.15, 0.2) is 29.8 Å². The van der Waals surface area contributed by atoms with Crippen molar-refractivity contribution < 1.29 is 9.59 Å². The summed E-state index contributed by atoms with van der Waals surface area (Å²) in [4.78, 5) is 26.3. The maximum Gasteiger partial charge on any atom is 0.273 e. The van der Waals surface area contributed by atoms with Crippen molar-refractivity contribution in [1.82, 2.24) is 25.3 Å². The highest BCUT2D eigenvalue weighted by atomic mass is 32.1. The van der Waals surface area contributed by atoms with E-state index in [9.17, 15) is 9.59 Å². The Morgan fingerprint density at radius 1 is 1.19 bits per heavy atom. The molecule has 2 N–H and O–H groups in total. The lowest BCUT2D eigenvalue weighted by Gasteiger charge is -2.29. The molecule has 32 heavy (non-hydrogen) atoms. The standard InChI is InChI=1S/C23H30N6O2S/c1-23(2,3)19(21(31)26-22-27-24-14-32-22)25-20(30)18-16-11-7-8-12-17(16)29(28-18)13-15-9-5-4-6-10-15/h7-8,11-12,14-15,19H,4-6,9-10,13H2,1-3H3,(H,25,30)(H,26,27,31)/t19-/m1/s1. The van der Waals surface area contributed by atoms with E-state index in [4.69, 9.17) is 5.10 Å². The fourth-order valence-corrected chi connectivity index (χ4v) is 4.78. The summed E-state index contributed by atoms with van der Waals surface area (Å²) in [7, 11) is 0. The molecule has 1 fully saturated rings. The number of hydrogen-bond acceptors (Lipinski definition) is 6. The quantitative estimate of drug-likeness (QED) is 0.580. The van der Waals surface area contributed by atoms with Crippen LogP contribution in [0.25, 0.3) is 10.9 Å². The van der Waals surface area contributed by atoms with Gasteiger partial charge in [0.1, 0.15) is 11.6 Å². The molecule has 1 aliphatic rings. The number of rotatable bonds is 6. The van der Waals surface area contributed by atoms with Crippen LogP contribution in [-0.4, -0.2) is 37.8 Å². The minimum atomic E-state index is -0.763. The summed E-state index contributed by atoms with van der Waals surface area (Å²) in [6.45, 7) is 6.56. The third-order valence-electron chi connectivity index (χ3n) is 6.02. The molecule has 1 aliphatic carbocycles. The van der Waals surface area contributed by atoms with Gasteiger partial charge >= 0.3 is 0 Å². The van der Waals surface area contributed by atoms with Gasteiger partial charge in [-0.3, -0.25) is 19.6 Å². The number of fused-ring (bicyclic) bond motifs is 1. The highest BCUT2D eigenvalue weighted by molar-refractivity contribution is 7.13. The zero-order valence-electron chi connectivity index (χ0n) is 18.8. The Hall–Kier alpha value is -2.81. The number of anilines is 1. The summed E-state index contributed by atoms with van der Waals surface area (Å²) in [5, 5.41) is 19.2. The third-order valence-corrected chi connectivity index (χ3v) is 6.63. The highest BCUT2D eigenvalue weighted by Crippen LogP contribution is 2.28. The topological polar surface area (TPSA) is 102 Å². The molecule has 0 unspecified atom stereocenters. The maximum absolute atomic E-state index is 13.3. The van der Waals surface area contributed by atoms with E-state index in [1.54, 1.807) is 5.51 Å². The van der Waals surface area contributed by atoms with Crippen LogP contribution in [0.2, 0.25) is 0 Å². The summed E-state index contributed by atoms with van der Waals surface area (Å²) >= 11 is 1.23. The number of carbonyl (C=O) groups is 2. The smallest absolute Gasteiger partial charge is 0.273 e. The molecule has 2 amide bonds. The van der Waals surface area contributed by atoms with Gasteiger partial charge in [-0.05, 0) is 30.2 Å². The van der Waals surface area contributed by atoms with E-state index in [1.807, 2.05) is 49.7 Å². The molecule has 8 nitrogen and oxygen atoms in total. The Kier molecular flexibility index (Phi) is 6.55. The van der Waals surface area contributed by atoms with Gasteiger partial charge in [0.15, 0.2) is 5.69 Å². The number of amides is 2. The van der Waals surface area contributed by atoms with Crippen LogP contribution >= 0.6 is 11.3 Å². The minimum Gasteiger partial charge on any atom is -0.338 e. The van der Waals surface area contributed by atoms with Gasteiger partial charge in [-0.1, -0.05) is 69.6 Å². The number of hydrogen-bond donors (Lipinski definition) is 2.